The Morgan fingerprint density at radius 2 is 2.00 bits per heavy atom. The summed E-state index contributed by atoms with van der Waals surface area (Å²) in [5.41, 5.74) is -5.45. The molecule has 0 aliphatic heterocycles. The maximum absolute atomic E-state index is 12.1. The summed E-state index contributed by atoms with van der Waals surface area (Å²) in [6.07, 6.45) is 1.25. The van der Waals surface area contributed by atoms with Crippen molar-refractivity contribution in [3.8, 4) is 5.75 Å². The summed E-state index contributed by atoms with van der Waals surface area (Å²) in [5, 5.41) is 0.227. The van der Waals surface area contributed by atoms with Crippen LogP contribution in [0.15, 0.2) is 24.4 Å². The smallest absolute Gasteiger partial charge is 0.375 e. The monoisotopic (exact) mass is 283 g/mol. The number of halogens is 3. The van der Waals surface area contributed by atoms with Gasteiger partial charge in [-0.05, 0) is 23.7 Å². The average molecular weight is 283 g/mol. The van der Waals surface area contributed by atoms with Gasteiger partial charge in [0.15, 0.2) is 5.75 Å². The predicted molar refractivity (Wildman–Crippen MR) is 55.2 cm³/mol. The summed E-state index contributed by atoms with van der Waals surface area (Å²) in [5.74, 6) is -0.381. The second-order valence-corrected chi connectivity index (χ2v) is 5.35. The third kappa shape index (κ3) is 2.20. The van der Waals surface area contributed by atoms with E-state index in [0.29, 0.717) is 4.70 Å². The molecule has 0 spiro atoms. The first-order valence-electron chi connectivity index (χ1n) is 4.15. The van der Waals surface area contributed by atoms with Crippen molar-refractivity contribution in [1.29, 1.82) is 0 Å². The molecule has 1 heterocycles. The summed E-state index contributed by atoms with van der Waals surface area (Å²) < 4.78 is 66.3. The average Bonchev–Trinajstić information content (AvgIpc) is 2.64. The molecule has 1 aromatic carbocycles. The van der Waals surface area contributed by atoms with Crippen LogP contribution < -0.4 is 4.18 Å². The molecule has 0 aliphatic rings. The van der Waals surface area contributed by atoms with Crippen LogP contribution in [0.4, 0.5) is 13.2 Å². The first-order chi connectivity index (χ1) is 7.81. The van der Waals surface area contributed by atoms with E-state index in [1.807, 2.05) is 0 Å². The Balaban J connectivity index is 2.47. The van der Waals surface area contributed by atoms with Gasteiger partial charge >= 0.3 is 15.6 Å². The van der Waals surface area contributed by atoms with Crippen LogP contribution in [0.1, 0.15) is 0 Å². The van der Waals surface area contributed by atoms with Gasteiger partial charge in [0.2, 0.25) is 0 Å². The molecule has 0 bridgehead atoms. The van der Waals surface area contributed by atoms with E-state index >= 15 is 0 Å². The van der Waals surface area contributed by atoms with Crippen LogP contribution in [0.25, 0.3) is 10.1 Å². The Morgan fingerprint density at radius 1 is 1.29 bits per heavy atom. The van der Waals surface area contributed by atoms with Crippen LogP contribution in [0, 0.1) is 0 Å². The standard InChI is InChI=1S/C8H4F3NO3S2/c9-8(10,11)17(13,14)15-6-2-1-3-7-5(6)4-12-16-7/h1-4H. The molecule has 0 radical (unpaired) electrons. The van der Waals surface area contributed by atoms with Crippen LogP contribution in [0.2, 0.25) is 0 Å². The van der Waals surface area contributed by atoms with Crippen LogP contribution in [-0.4, -0.2) is 18.3 Å². The number of nitrogens with zero attached hydrogens (tertiary/aromatic N) is 1. The highest BCUT2D eigenvalue weighted by Crippen LogP contribution is 2.32. The highest BCUT2D eigenvalue weighted by molar-refractivity contribution is 7.88. The highest BCUT2D eigenvalue weighted by atomic mass is 32.2. The van der Waals surface area contributed by atoms with Gasteiger partial charge in [0.05, 0.1) is 16.3 Å². The number of hydrogen-bond acceptors (Lipinski definition) is 5. The molecule has 2 rings (SSSR count). The minimum atomic E-state index is -5.64. The molecule has 0 saturated heterocycles. The first kappa shape index (κ1) is 12.1. The van der Waals surface area contributed by atoms with E-state index in [9.17, 15) is 21.6 Å². The van der Waals surface area contributed by atoms with E-state index in [1.165, 1.54) is 12.3 Å². The van der Waals surface area contributed by atoms with Gasteiger partial charge in [-0.1, -0.05) is 6.07 Å². The van der Waals surface area contributed by atoms with Crippen molar-refractivity contribution in [3.05, 3.63) is 24.4 Å². The lowest BCUT2D eigenvalue weighted by molar-refractivity contribution is -0.0499. The van der Waals surface area contributed by atoms with E-state index in [4.69, 9.17) is 0 Å². The van der Waals surface area contributed by atoms with Crippen molar-refractivity contribution in [2.75, 3.05) is 0 Å². The number of alkyl halides is 3. The molecule has 2 aromatic rings. The minimum Gasteiger partial charge on any atom is -0.375 e. The summed E-state index contributed by atoms with van der Waals surface area (Å²) >= 11 is 1.03. The number of hydrogen-bond donors (Lipinski definition) is 0. The predicted octanol–water partition coefficient (Wildman–Crippen LogP) is 2.52. The van der Waals surface area contributed by atoms with Gasteiger partial charge in [-0.15, -0.1) is 0 Å². The largest absolute Gasteiger partial charge is 0.534 e. The molecule has 0 amide bonds. The van der Waals surface area contributed by atoms with Crippen molar-refractivity contribution in [1.82, 2.24) is 4.37 Å². The van der Waals surface area contributed by atoms with Gasteiger partial charge in [-0.2, -0.15) is 26.0 Å². The fraction of sp³-hybridized carbons (Fsp3) is 0.125. The van der Waals surface area contributed by atoms with E-state index in [1.54, 1.807) is 6.07 Å². The third-order valence-electron chi connectivity index (χ3n) is 1.84. The zero-order chi connectivity index (χ0) is 12.7. The normalized spacial score (nSPS) is 12.9. The van der Waals surface area contributed by atoms with Crippen molar-refractivity contribution < 1.29 is 25.8 Å². The maximum Gasteiger partial charge on any atom is 0.534 e. The van der Waals surface area contributed by atoms with Crippen molar-refractivity contribution in [2.45, 2.75) is 5.51 Å². The Kier molecular flexibility index (Phi) is 2.74. The van der Waals surface area contributed by atoms with Crippen molar-refractivity contribution in [2.24, 2.45) is 0 Å². The maximum atomic E-state index is 12.1. The van der Waals surface area contributed by atoms with Crippen molar-refractivity contribution in [3.63, 3.8) is 0 Å². The molecule has 4 nitrogen and oxygen atoms in total. The molecule has 0 aliphatic carbocycles. The van der Waals surface area contributed by atoms with Crippen molar-refractivity contribution >= 4 is 31.7 Å². The van der Waals surface area contributed by atoms with Crippen LogP contribution >= 0.6 is 11.5 Å². The molecule has 0 fully saturated rings. The van der Waals surface area contributed by atoms with E-state index in [-0.39, 0.29) is 11.1 Å². The molecular formula is C8H4F3NO3S2. The topological polar surface area (TPSA) is 56.3 Å². The second-order valence-electron chi connectivity index (χ2n) is 2.98. The van der Waals surface area contributed by atoms with Gasteiger partial charge < -0.3 is 4.18 Å². The Labute approximate surface area is 97.9 Å². The highest BCUT2D eigenvalue weighted by Gasteiger charge is 2.48. The Hall–Kier alpha value is -1.35. The third-order valence-corrected chi connectivity index (χ3v) is 3.57. The van der Waals surface area contributed by atoms with Crippen LogP contribution in [-0.2, 0) is 10.1 Å². The summed E-state index contributed by atoms with van der Waals surface area (Å²) in [6, 6.07) is 4.13. The van der Waals surface area contributed by atoms with Gasteiger partial charge in [0.25, 0.3) is 0 Å². The van der Waals surface area contributed by atoms with E-state index < -0.39 is 15.6 Å². The van der Waals surface area contributed by atoms with E-state index in [2.05, 4.69) is 8.56 Å². The molecule has 92 valence electrons. The number of rotatable bonds is 2. The quantitative estimate of drug-likeness (QED) is 0.627. The summed E-state index contributed by atoms with van der Waals surface area (Å²) in [6.45, 7) is 0. The van der Waals surface area contributed by atoms with Gasteiger partial charge in [0.1, 0.15) is 0 Å². The zero-order valence-electron chi connectivity index (χ0n) is 7.93. The lowest BCUT2D eigenvalue weighted by atomic mass is 10.3. The molecule has 0 N–H and O–H groups in total. The molecular weight excluding hydrogens is 279 g/mol. The molecule has 9 heteroatoms. The number of benzene rings is 1. The number of aromatic nitrogens is 1. The summed E-state index contributed by atoms with van der Waals surface area (Å²) in [4.78, 5) is 0. The molecule has 17 heavy (non-hydrogen) atoms. The fourth-order valence-electron chi connectivity index (χ4n) is 1.10. The molecule has 1 aromatic heterocycles. The van der Waals surface area contributed by atoms with Gasteiger partial charge in [-0.3, -0.25) is 0 Å². The molecule has 0 saturated carbocycles. The van der Waals surface area contributed by atoms with Crippen LogP contribution in [0.3, 0.4) is 0 Å². The fourth-order valence-corrected chi connectivity index (χ4v) is 2.24. The lowest BCUT2D eigenvalue weighted by Gasteiger charge is -2.09. The van der Waals surface area contributed by atoms with Crippen LogP contribution in [0.5, 0.6) is 5.75 Å². The molecule has 0 atom stereocenters. The number of fused-ring (bicyclic) bond motifs is 1. The first-order valence-corrected chi connectivity index (χ1v) is 6.33. The molecule has 0 unspecified atom stereocenters. The zero-order valence-corrected chi connectivity index (χ0v) is 9.56. The van der Waals surface area contributed by atoms with E-state index in [0.717, 1.165) is 17.6 Å². The minimum absolute atomic E-state index is 0.227. The Bertz CT molecular complexity index is 647. The Morgan fingerprint density at radius 3 is 2.65 bits per heavy atom. The second kappa shape index (κ2) is 3.84. The summed E-state index contributed by atoms with van der Waals surface area (Å²) in [7, 11) is -5.64. The lowest BCUT2D eigenvalue weighted by Crippen LogP contribution is -2.28. The van der Waals surface area contributed by atoms with Gasteiger partial charge in [0, 0.05) is 0 Å². The van der Waals surface area contributed by atoms with Gasteiger partial charge in [-0.25, -0.2) is 0 Å². The SMILES string of the molecule is O=S(=O)(Oc1cccc2sncc12)C(F)(F)F.